The summed E-state index contributed by atoms with van der Waals surface area (Å²) in [6, 6.07) is 4.02. The van der Waals surface area contributed by atoms with Gasteiger partial charge in [0.1, 0.15) is 0 Å². The van der Waals surface area contributed by atoms with E-state index in [1.807, 2.05) is 0 Å². The molecule has 15 heavy (non-hydrogen) atoms. The summed E-state index contributed by atoms with van der Waals surface area (Å²) in [5.41, 5.74) is -0.826. The Morgan fingerprint density at radius 3 is 2.27 bits per heavy atom. The summed E-state index contributed by atoms with van der Waals surface area (Å²) in [5.74, 6) is 0. The zero-order valence-corrected chi connectivity index (χ0v) is 7.37. The molecule has 2 N–H and O–H groups in total. The highest BCUT2D eigenvalue weighted by atomic mass is 19.4. The molecule has 0 spiro atoms. The van der Waals surface area contributed by atoms with Gasteiger partial charge in [0.25, 0.3) is 0 Å². The second-order valence-corrected chi connectivity index (χ2v) is 2.95. The van der Waals surface area contributed by atoms with Gasteiger partial charge in [-0.3, -0.25) is 0 Å². The van der Waals surface area contributed by atoms with Gasteiger partial charge in [-0.1, -0.05) is 24.3 Å². The second-order valence-electron chi connectivity index (χ2n) is 2.95. The van der Waals surface area contributed by atoms with E-state index in [0.29, 0.717) is 0 Å². The van der Waals surface area contributed by atoms with Gasteiger partial charge in [-0.05, 0) is 11.0 Å². The Labute approximate surface area is 83.3 Å². The molecule has 1 aromatic carbocycles. The molecule has 1 aromatic rings. The van der Waals surface area contributed by atoms with E-state index in [2.05, 4.69) is 0 Å². The highest BCUT2D eigenvalue weighted by Gasteiger charge is 2.41. The number of rotatable bonds is 2. The van der Waals surface area contributed by atoms with Crippen LogP contribution in [-0.4, -0.2) is 23.3 Å². The first-order valence-electron chi connectivity index (χ1n) is 3.99. The molecule has 1 unspecified atom stereocenters. The molecule has 0 radical (unpaired) electrons. The van der Waals surface area contributed by atoms with E-state index in [0.717, 1.165) is 18.2 Å². The third-order valence-corrected chi connectivity index (χ3v) is 1.79. The Bertz CT molecular complexity index is 340. The van der Waals surface area contributed by atoms with Crippen LogP contribution in [0.4, 0.5) is 17.6 Å². The Balaban J connectivity index is 3.00. The first-order chi connectivity index (χ1) is 6.82. The first kappa shape index (κ1) is 12.0. The summed E-state index contributed by atoms with van der Waals surface area (Å²) >= 11 is 0. The summed E-state index contributed by atoms with van der Waals surface area (Å²) in [4.78, 5) is 0. The van der Waals surface area contributed by atoms with Crippen molar-refractivity contribution in [2.24, 2.45) is 0 Å². The van der Waals surface area contributed by atoms with Gasteiger partial charge in [0.05, 0.1) is 0 Å². The van der Waals surface area contributed by atoms with Crippen molar-refractivity contribution in [1.82, 2.24) is 0 Å². The van der Waals surface area contributed by atoms with Crippen LogP contribution in [-0.2, 0) is 0 Å². The molecule has 0 fully saturated rings. The van der Waals surface area contributed by atoms with Crippen LogP contribution in [0, 0.1) is 0 Å². The predicted octanol–water partition coefficient (Wildman–Crippen LogP) is 0.939. The molecule has 0 saturated carbocycles. The van der Waals surface area contributed by atoms with Crippen LogP contribution in [0.15, 0.2) is 24.3 Å². The van der Waals surface area contributed by atoms with Crippen molar-refractivity contribution < 1.29 is 27.6 Å². The zero-order valence-electron chi connectivity index (χ0n) is 7.37. The smallest absolute Gasteiger partial charge is 0.423 e. The van der Waals surface area contributed by atoms with Gasteiger partial charge < -0.3 is 10.0 Å². The fourth-order valence-electron chi connectivity index (χ4n) is 1.07. The maximum atomic E-state index is 12.8. The van der Waals surface area contributed by atoms with E-state index in [1.165, 1.54) is 6.07 Å². The summed E-state index contributed by atoms with van der Waals surface area (Å²) in [7, 11) is -1.91. The maximum Gasteiger partial charge on any atom is 0.488 e. The molecule has 2 nitrogen and oxygen atoms in total. The van der Waals surface area contributed by atoms with Gasteiger partial charge in [-0.25, -0.2) is 4.39 Å². The molecule has 0 aliphatic rings. The van der Waals surface area contributed by atoms with Crippen molar-refractivity contribution in [3.05, 3.63) is 29.8 Å². The average Bonchev–Trinajstić information content (AvgIpc) is 2.15. The number of hydrogen-bond acceptors (Lipinski definition) is 2. The van der Waals surface area contributed by atoms with Crippen molar-refractivity contribution in [3.63, 3.8) is 0 Å². The second kappa shape index (κ2) is 4.20. The molecular weight excluding hydrogens is 215 g/mol. The lowest BCUT2D eigenvalue weighted by Crippen LogP contribution is -2.30. The summed E-state index contributed by atoms with van der Waals surface area (Å²) < 4.78 is 48.7. The molecule has 0 heterocycles. The monoisotopic (exact) mass is 222 g/mol. The minimum atomic E-state index is -4.99. The van der Waals surface area contributed by atoms with E-state index in [9.17, 15) is 17.6 Å². The number of benzene rings is 1. The van der Waals surface area contributed by atoms with Crippen molar-refractivity contribution in [3.8, 4) is 0 Å². The molecule has 82 valence electrons. The first-order valence-corrected chi connectivity index (χ1v) is 3.99. The van der Waals surface area contributed by atoms with Gasteiger partial charge in [0.15, 0.2) is 0 Å². The number of halogens is 4. The molecule has 0 bridgehead atoms. The Kier molecular flexibility index (Phi) is 3.36. The van der Waals surface area contributed by atoms with Gasteiger partial charge in [0.2, 0.25) is 6.17 Å². The standard InChI is InChI=1S/C8H7BF4O2/c10-7(8(11,12)13)5-2-1-3-6(4-5)9(14)15/h1-4,7,14-15H. The summed E-state index contributed by atoms with van der Waals surface area (Å²) in [6.45, 7) is 0. The SMILES string of the molecule is OB(O)c1cccc(C(F)C(F)(F)F)c1. The largest absolute Gasteiger partial charge is 0.488 e. The molecule has 0 aliphatic carbocycles. The van der Waals surface area contributed by atoms with Crippen molar-refractivity contribution in [2.45, 2.75) is 12.3 Å². The molecule has 0 saturated heterocycles. The van der Waals surface area contributed by atoms with E-state index in [4.69, 9.17) is 10.0 Å². The van der Waals surface area contributed by atoms with E-state index < -0.39 is 25.0 Å². The van der Waals surface area contributed by atoms with Crippen LogP contribution < -0.4 is 5.46 Å². The van der Waals surface area contributed by atoms with Crippen LogP contribution in [0.5, 0.6) is 0 Å². The molecule has 1 atom stereocenters. The normalized spacial score (nSPS) is 13.7. The van der Waals surface area contributed by atoms with Crippen LogP contribution in [0.2, 0.25) is 0 Å². The fraction of sp³-hybridized carbons (Fsp3) is 0.250. The third kappa shape index (κ3) is 2.94. The van der Waals surface area contributed by atoms with E-state index >= 15 is 0 Å². The minimum absolute atomic E-state index is 0.181. The van der Waals surface area contributed by atoms with E-state index in [-0.39, 0.29) is 5.46 Å². The van der Waals surface area contributed by atoms with Gasteiger partial charge >= 0.3 is 13.3 Å². The van der Waals surface area contributed by atoms with Crippen molar-refractivity contribution in [1.29, 1.82) is 0 Å². The third-order valence-electron chi connectivity index (χ3n) is 1.79. The minimum Gasteiger partial charge on any atom is -0.423 e. The zero-order chi connectivity index (χ0) is 11.6. The average molecular weight is 222 g/mol. The lowest BCUT2D eigenvalue weighted by atomic mass is 9.79. The van der Waals surface area contributed by atoms with Crippen LogP contribution >= 0.6 is 0 Å². The summed E-state index contributed by atoms with van der Waals surface area (Å²) in [6.07, 6.45) is -8.10. The maximum absolute atomic E-state index is 12.8. The Hall–Kier alpha value is -1.08. The van der Waals surface area contributed by atoms with Crippen LogP contribution in [0.25, 0.3) is 0 Å². The number of alkyl halides is 4. The van der Waals surface area contributed by atoms with Gasteiger partial charge in [-0.15, -0.1) is 0 Å². The molecule has 0 amide bonds. The van der Waals surface area contributed by atoms with Crippen molar-refractivity contribution in [2.75, 3.05) is 0 Å². The van der Waals surface area contributed by atoms with Crippen LogP contribution in [0.3, 0.4) is 0 Å². The lowest BCUT2D eigenvalue weighted by Gasteiger charge is -2.13. The fourth-order valence-corrected chi connectivity index (χ4v) is 1.07. The molecular formula is C8H7BF4O2. The topological polar surface area (TPSA) is 40.5 Å². The molecule has 1 rings (SSSR count). The molecule has 0 aromatic heterocycles. The quantitative estimate of drug-likeness (QED) is 0.577. The number of hydrogen-bond donors (Lipinski definition) is 2. The van der Waals surface area contributed by atoms with E-state index in [1.54, 1.807) is 0 Å². The Morgan fingerprint density at radius 2 is 1.80 bits per heavy atom. The highest BCUT2D eigenvalue weighted by Crippen LogP contribution is 2.35. The van der Waals surface area contributed by atoms with Gasteiger partial charge in [-0.2, -0.15) is 13.2 Å². The molecule has 0 aliphatic heterocycles. The lowest BCUT2D eigenvalue weighted by molar-refractivity contribution is -0.182. The van der Waals surface area contributed by atoms with Crippen molar-refractivity contribution >= 4 is 12.6 Å². The summed E-state index contributed by atoms with van der Waals surface area (Å²) in [5, 5.41) is 17.4. The predicted molar refractivity (Wildman–Crippen MR) is 46.2 cm³/mol. The van der Waals surface area contributed by atoms with Gasteiger partial charge in [0, 0.05) is 0 Å². The highest BCUT2D eigenvalue weighted by molar-refractivity contribution is 6.58. The van der Waals surface area contributed by atoms with Crippen LogP contribution in [0.1, 0.15) is 11.7 Å². The Morgan fingerprint density at radius 1 is 1.20 bits per heavy atom. The molecule has 7 heteroatoms.